The van der Waals surface area contributed by atoms with E-state index in [0.717, 1.165) is 57.8 Å². The van der Waals surface area contributed by atoms with Crippen molar-refractivity contribution in [2.24, 2.45) is 11.3 Å². The van der Waals surface area contributed by atoms with Crippen LogP contribution in [0.2, 0.25) is 0 Å². The lowest BCUT2D eigenvalue weighted by Crippen LogP contribution is -2.48. The predicted octanol–water partition coefficient (Wildman–Crippen LogP) is 3.99. The largest absolute Gasteiger partial charge is 0.492 e. The Morgan fingerprint density at radius 2 is 1.81 bits per heavy atom. The maximum absolute atomic E-state index is 12.4. The zero-order valence-electron chi connectivity index (χ0n) is 17.4. The number of benzene rings is 1. The van der Waals surface area contributed by atoms with Gasteiger partial charge < -0.3 is 14.5 Å². The molecule has 0 radical (unpaired) electrons. The Hall–Kier alpha value is -1.55. The topological polar surface area (TPSA) is 32.8 Å². The average Bonchev–Trinajstić information content (AvgIpc) is 2.65. The number of hydrogen-bond acceptors (Lipinski definition) is 3. The number of carbonyl (C=O) groups is 1. The lowest BCUT2D eigenvalue weighted by atomic mass is 9.73. The summed E-state index contributed by atoms with van der Waals surface area (Å²) in [6, 6.07) is 8.49. The molecule has 0 bridgehead atoms. The molecule has 1 aromatic carbocycles. The molecule has 0 aromatic heterocycles. The Morgan fingerprint density at radius 3 is 2.56 bits per heavy atom. The third kappa shape index (κ3) is 5.25. The third-order valence-electron chi connectivity index (χ3n) is 6.34. The highest BCUT2D eigenvalue weighted by atomic mass is 16.5. The molecule has 0 aliphatic carbocycles. The second-order valence-electron chi connectivity index (χ2n) is 8.88. The molecular formula is C23H36N2O2. The Kier molecular flexibility index (Phi) is 6.80. The minimum atomic E-state index is 0.107. The molecule has 1 fully saturated rings. The minimum absolute atomic E-state index is 0.107. The molecule has 0 N–H and O–H groups in total. The molecule has 27 heavy (non-hydrogen) atoms. The molecule has 0 saturated carbocycles. The number of piperidine rings is 1. The number of carbonyl (C=O) groups excluding carboxylic acids is 1. The van der Waals surface area contributed by atoms with Gasteiger partial charge in [0.15, 0.2) is 0 Å². The van der Waals surface area contributed by atoms with Gasteiger partial charge in [0, 0.05) is 32.1 Å². The van der Waals surface area contributed by atoms with Gasteiger partial charge in [0.25, 0.3) is 0 Å². The molecule has 0 unspecified atom stereocenters. The van der Waals surface area contributed by atoms with Crippen LogP contribution in [0.3, 0.4) is 0 Å². The zero-order valence-corrected chi connectivity index (χ0v) is 17.4. The van der Waals surface area contributed by atoms with E-state index in [1.54, 1.807) is 0 Å². The van der Waals surface area contributed by atoms with E-state index in [1.807, 2.05) is 13.8 Å². The Morgan fingerprint density at radius 1 is 1.07 bits per heavy atom. The molecule has 3 rings (SSSR count). The van der Waals surface area contributed by atoms with Crippen molar-refractivity contribution in [1.82, 2.24) is 9.80 Å². The van der Waals surface area contributed by atoms with Crippen LogP contribution in [-0.2, 0) is 11.2 Å². The number of rotatable bonds is 1. The second kappa shape index (κ2) is 9.09. The van der Waals surface area contributed by atoms with Crippen LogP contribution in [0, 0.1) is 11.3 Å². The maximum atomic E-state index is 12.4. The number of aryl methyl sites for hydroxylation is 1. The van der Waals surface area contributed by atoms with Crippen molar-refractivity contribution in [3.05, 3.63) is 29.8 Å². The maximum Gasteiger partial charge on any atom is 0.225 e. The van der Waals surface area contributed by atoms with E-state index in [4.69, 9.17) is 4.74 Å². The summed E-state index contributed by atoms with van der Waals surface area (Å²) in [6.07, 6.45) is 7.09. The van der Waals surface area contributed by atoms with Gasteiger partial charge in [-0.2, -0.15) is 0 Å². The van der Waals surface area contributed by atoms with Crippen LogP contribution in [0.5, 0.6) is 5.75 Å². The molecule has 4 nitrogen and oxygen atoms in total. The van der Waals surface area contributed by atoms with Crippen LogP contribution in [0.4, 0.5) is 0 Å². The fourth-order valence-electron chi connectivity index (χ4n) is 4.68. The molecular weight excluding hydrogens is 336 g/mol. The lowest BCUT2D eigenvalue weighted by Gasteiger charge is -2.44. The number of likely N-dealkylation sites (N-methyl/N-ethyl adjacent to an activating group) is 1. The van der Waals surface area contributed by atoms with Gasteiger partial charge in [-0.1, -0.05) is 38.5 Å². The average molecular weight is 373 g/mol. The van der Waals surface area contributed by atoms with E-state index in [-0.39, 0.29) is 5.92 Å². The van der Waals surface area contributed by atoms with Gasteiger partial charge in [0.2, 0.25) is 5.91 Å². The highest BCUT2D eigenvalue weighted by Gasteiger charge is 2.36. The number of ether oxygens (including phenoxy) is 1. The first-order chi connectivity index (χ1) is 13.0. The molecule has 4 heteroatoms. The number of fused-ring (bicyclic) bond motifs is 1. The number of hydrogen-bond donors (Lipinski definition) is 0. The van der Waals surface area contributed by atoms with Crippen molar-refractivity contribution in [3.8, 4) is 5.75 Å². The summed E-state index contributed by atoms with van der Waals surface area (Å²) >= 11 is 0. The van der Waals surface area contributed by atoms with Crippen molar-refractivity contribution in [2.45, 2.75) is 52.4 Å². The smallest absolute Gasteiger partial charge is 0.225 e. The number of para-hydroxylation sites is 1. The van der Waals surface area contributed by atoms with E-state index in [0.29, 0.717) is 11.3 Å². The van der Waals surface area contributed by atoms with Crippen molar-refractivity contribution in [1.29, 1.82) is 0 Å². The van der Waals surface area contributed by atoms with E-state index in [2.05, 4.69) is 41.1 Å². The van der Waals surface area contributed by atoms with Gasteiger partial charge in [0.05, 0.1) is 0 Å². The van der Waals surface area contributed by atoms with Gasteiger partial charge in [-0.15, -0.1) is 0 Å². The first-order valence-corrected chi connectivity index (χ1v) is 10.7. The lowest BCUT2D eigenvalue weighted by molar-refractivity contribution is -0.137. The summed E-state index contributed by atoms with van der Waals surface area (Å²) in [7, 11) is 2.22. The summed E-state index contributed by atoms with van der Waals surface area (Å²) in [5.74, 6) is 1.48. The summed E-state index contributed by atoms with van der Waals surface area (Å²) in [5.41, 5.74) is 1.69. The fraction of sp³-hybridized carbons (Fsp3) is 0.696. The predicted molar refractivity (Wildman–Crippen MR) is 110 cm³/mol. The van der Waals surface area contributed by atoms with Crippen LogP contribution in [-0.4, -0.2) is 55.5 Å². The van der Waals surface area contributed by atoms with Crippen molar-refractivity contribution in [2.75, 3.05) is 39.8 Å². The van der Waals surface area contributed by atoms with Crippen molar-refractivity contribution in [3.63, 3.8) is 0 Å². The Balaban J connectivity index is 1.65. The standard InChI is InChI=1S/C23H36N2O2/c1-19(2)22(26)25-14-12-23(13-15-25)11-7-6-9-20-8-4-5-10-21(20)27-17-16-24(3)18-23/h4-5,8,10,19H,6-7,9,11-18H2,1-3H3. The monoisotopic (exact) mass is 372 g/mol. The number of nitrogens with zero attached hydrogens (tertiary/aromatic N) is 2. The SMILES string of the molecule is CC(C)C(=O)N1CCC2(CCCCc3ccccc3OCCN(C)C2)CC1. The van der Waals surface area contributed by atoms with Crippen molar-refractivity contribution < 1.29 is 9.53 Å². The van der Waals surface area contributed by atoms with Gasteiger partial charge in [-0.05, 0) is 56.2 Å². The molecule has 1 saturated heterocycles. The van der Waals surface area contributed by atoms with E-state index in [9.17, 15) is 4.79 Å². The molecule has 150 valence electrons. The zero-order chi connectivity index (χ0) is 19.3. The van der Waals surface area contributed by atoms with Crippen LogP contribution < -0.4 is 4.74 Å². The first-order valence-electron chi connectivity index (χ1n) is 10.7. The van der Waals surface area contributed by atoms with Crippen LogP contribution >= 0.6 is 0 Å². The number of amides is 1. The normalized spacial score (nSPS) is 21.9. The first kappa shape index (κ1) is 20.2. The van der Waals surface area contributed by atoms with E-state index in [1.165, 1.54) is 24.8 Å². The van der Waals surface area contributed by atoms with Gasteiger partial charge in [-0.25, -0.2) is 0 Å². The molecule has 2 aliphatic rings. The summed E-state index contributed by atoms with van der Waals surface area (Å²) < 4.78 is 6.09. The minimum Gasteiger partial charge on any atom is -0.492 e. The quantitative estimate of drug-likeness (QED) is 0.747. The van der Waals surface area contributed by atoms with Crippen LogP contribution in [0.1, 0.15) is 51.5 Å². The van der Waals surface area contributed by atoms with Gasteiger partial charge >= 0.3 is 0 Å². The molecule has 1 spiro atoms. The molecule has 1 amide bonds. The highest BCUT2D eigenvalue weighted by Crippen LogP contribution is 2.38. The molecule has 1 aromatic rings. The Bertz CT molecular complexity index is 621. The second-order valence-corrected chi connectivity index (χ2v) is 8.88. The highest BCUT2D eigenvalue weighted by molar-refractivity contribution is 5.78. The summed E-state index contributed by atoms with van der Waals surface area (Å²) in [5, 5.41) is 0. The Labute approximate surface area is 164 Å². The van der Waals surface area contributed by atoms with Crippen LogP contribution in [0.15, 0.2) is 24.3 Å². The number of likely N-dealkylation sites (tertiary alicyclic amines) is 1. The van der Waals surface area contributed by atoms with Crippen molar-refractivity contribution >= 4 is 5.91 Å². The third-order valence-corrected chi connectivity index (χ3v) is 6.34. The summed E-state index contributed by atoms with van der Waals surface area (Å²) in [6.45, 7) is 8.66. The van der Waals surface area contributed by atoms with Gasteiger partial charge in [-0.3, -0.25) is 4.79 Å². The van der Waals surface area contributed by atoms with Gasteiger partial charge in [0.1, 0.15) is 12.4 Å². The van der Waals surface area contributed by atoms with E-state index < -0.39 is 0 Å². The fourth-order valence-corrected chi connectivity index (χ4v) is 4.68. The van der Waals surface area contributed by atoms with E-state index >= 15 is 0 Å². The molecule has 2 aliphatic heterocycles. The summed E-state index contributed by atoms with van der Waals surface area (Å²) in [4.78, 5) is 16.9. The molecule has 0 atom stereocenters. The van der Waals surface area contributed by atoms with Crippen LogP contribution in [0.25, 0.3) is 0 Å². The molecule has 2 heterocycles.